The maximum absolute atomic E-state index is 4.57. The Balaban J connectivity index is 2.05. The third-order valence-corrected chi connectivity index (χ3v) is 3.38. The first-order valence-corrected chi connectivity index (χ1v) is 6.98. The van der Waals surface area contributed by atoms with Crippen molar-refractivity contribution in [3.05, 3.63) is 17.5 Å². The van der Waals surface area contributed by atoms with E-state index in [4.69, 9.17) is 0 Å². The number of aromatic nitrogens is 2. The second-order valence-electron chi connectivity index (χ2n) is 5.13. The van der Waals surface area contributed by atoms with Crippen molar-refractivity contribution >= 4 is 5.95 Å². The van der Waals surface area contributed by atoms with Crippen LogP contribution < -0.4 is 4.90 Å². The fraction of sp³-hybridized carbons (Fsp3) is 0.714. The number of hydrogen-bond acceptors (Lipinski definition) is 4. The molecule has 1 aliphatic rings. The lowest BCUT2D eigenvalue weighted by Crippen LogP contribution is -2.32. The van der Waals surface area contributed by atoms with Crippen LogP contribution in [-0.2, 0) is 0 Å². The van der Waals surface area contributed by atoms with Gasteiger partial charge in [0.1, 0.15) is 0 Å². The van der Waals surface area contributed by atoms with Crippen LogP contribution in [0.2, 0.25) is 0 Å². The molecule has 0 radical (unpaired) electrons. The molecular formula is C14H24N4. The van der Waals surface area contributed by atoms with Gasteiger partial charge in [-0.3, -0.25) is 0 Å². The SMILES string of the molecule is CCCN1CCCN(c2nc(C)cc(C)n2)CC1. The Morgan fingerprint density at radius 2 is 1.78 bits per heavy atom. The second-order valence-corrected chi connectivity index (χ2v) is 5.13. The summed E-state index contributed by atoms with van der Waals surface area (Å²) >= 11 is 0. The van der Waals surface area contributed by atoms with E-state index in [1.807, 2.05) is 19.9 Å². The molecule has 1 fully saturated rings. The van der Waals surface area contributed by atoms with Crippen molar-refractivity contribution in [1.82, 2.24) is 14.9 Å². The molecule has 0 bridgehead atoms. The quantitative estimate of drug-likeness (QED) is 0.819. The van der Waals surface area contributed by atoms with Gasteiger partial charge in [0.25, 0.3) is 0 Å². The minimum Gasteiger partial charge on any atom is -0.339 e. The summed E-state index contributed by atoms with van der Waals surface area (Å²) in [6.45, 7) is 12.0. The second kappa shape index (κ2) is 6.14. The molecular weight excluding hydrogens is 224 g/mol. The van der Waals surface area contributed by atoms with E-state index in [0.29, 0.717) is 0 Å². The van der Waals surface area contributed by atoms with Gasteiger partial charge in [0, 0.05) is 31.0 Å². The molecule has 0 atom stereocenters. The predicted molar refractivity (Wildman–Crippen MR) is 75.1 cm³/mol. The summed E-state index contributed by atoms with van der Waals surface area (Å²) in [6, 6.07) is 2.03. The molecule has 100 valence electrons. The van der Waals surface area contributed by atoms with Crippen LogP contribution in [-0.4, -0.2) is 47.6 Å². The van der Waals surface area contributed by atoms with Crippen LogP contribution in [0.4, 0.5) is 5.95 Å². The van der Waals surface area contributed by atoms with Gasteiger partial charge in [-0.2, -0.15) is 0 Å². The summed E-state index contributed by atoms with van der Waals surface area (Å²) in [5.74, 6) is 0.908. The molecule has 18 heavy (non-hydrogen) atoms. The van der Waals surface area contributed by atoms with Crippen molar-refractivity contribution in [3.8, 4) is 0 Å². The highest BCUT2D eigenvalue weighted by Gasteiger charge is 2.16. The highest BCUT2D eigenvalue weighted by atomic mass is 15.3. The Morgan fingerprint density at radius 3 is 2.44 bits per heavy atom. The van der Waals surface area contributed by atoms with E-state index >= 15 is 0 Å². The van der Waals surface area contributed by atoms with Crippen LogP contribution in [0.3, 0.4) is 0 Å². The Hall–Kier alpha value is -1.16. The lowest BCUT2D eigenvalue weighted by Gasteiger charge is -2.22. The molecule has 1 aromatic rings. The fourth-order valence-electron chi connectivity index (χ4n) is 2.56. The molecule has 0 spiro atoms. The fourth-order valence-corrected chi connectivity index (χ4v) is 2.56. The zero-order chi connectivity index (χ0) is 13.0. The third kappa shape index (κ3) is 3.42. The van der Waals surface area contributed by atoms with Gasteiger partial charge in [-0.15, -0.1) is 0 Å². The van der Waals surface area contributed by atoms with Gasteiger partial charge in [0.2, 0.25) is 5.95 Å². The van der Waals surface area contributed by atoms with Crippen LogP contribution in [0.1, 0.15) is 31.2 Å². The third-order valence-electron chi connectivity index (χ3n) is 3.38. The summed E-state index contributed by atoms with van der Waals surface area (Å²) in [4.78, 5) is 14.0. The summed E-state index contributed by atoms with van der Waals surface area (Å²) < 4.78 is 0. The van der Waals surface area contributed by atoms with Crippen LogP contribution in [0.15, 0.2) is 6.07 Å². The molecule has 4 nitrogen and oxygen atoms in total. The largest absolute Gasteiger partial charge is 0.339 e. The van der Waals surface area contributed by atoms with Crippen molar-refractivity contribution in [2.24, 2.45) is 0 Å². The minimum absolute atomic E-state index is 0.908. The van der Waals surface area contributed by atoms with E-state index in [1.54, 1.807) is 0 Å². The molecule has 1 aromatic heterocycles. The summed E-state index contributed by atoms with van der Waals surface area (Å²) in [7, 11) is 0. The van der Waals surface area contributed by atoms with E-state index in [2.05, 4.69) is 26.7 Å². The van der Waals surface area contributed by atoms with Gasteiger partial charge >= 0.3 is 0 Å². The van der Waals surface area contributed by atoms with E-state index in [-0.39, 0.29) is 0 Å². The highest BCUT2D eigenvalue weighted by Crippen LogP contribution is 2.13. The Morgan fingerprint density at radius 1 is 1.06 bits per heavy atom. The molecule has 0 aromatic carbocycles. The molecule has 0 amide bonds. The van der Waals surface area contributed by atoms with Gasteiger partial charge in [-0.1, -0.05) is 6.92 Å². The van der Waals surface area contributed by atoms with Crippen LogP contribution in [0, 0.1) is 13.8 Å². The standard InChI is InChI=1S/C14H24N4/c1-4-6-17-7-5-8-18(10-9-17)14-15-12(2)11-13(3)16-14/h11H,4-10H2,1-3H3. The first kappa shape index (κ1) is 13.3. The Kier molecular flexibility index (Phi) is 4.53. The van der Waals surface area contributed by atoms with Gasteiger partial charge in [0.15, 0.2) is 0 Å². The van der Waals surface area contributed by atoms with Gasteiger partial charge in [-0.05, 0) is 45.8 Å². The number of nitrogens with zero attached hydrogens (tertiary/aromatic N) is 4. The molecule has 1 aliphatic heterocycles. The van der Waals surface area contributed by atoms with E-state index in [9.17, 15) is 0 Å². The first-order chi connectivity index (χ1) is 8.69. The number of anilines is 1. The van der Waals surface area contributed by atoms with E-state index in [1.165, 1.54) is 25.9 Å². The normalized spacial score (nSPS) is 17.8. The van der Waals surface area contributed by atoms with Gasteiger partial charge < -0.3 is 9.80 Å². The summed E-state index contributed by atoms with van der Waals surface area (Å²) in [5.41, 5.74) is 2.12. The maximum Gasteiger partial charge on any atom is 0.225 e. The number of hydrogen-bond donors (Lipinski definition) is 0. The smallest absolute Gasteiger partial charge is 0.225 e. The van der Waals surface area contributed by atoms with Crippen molar-refractivity contribution in [3.63, 3.8) is 0 Å². The van der Waals surface area contributed by atoms with Crippen LogP contribution in [0.5, 0.6) is 0 Å². The lowest BCUT2D eigenvalue weighted by molar-refractivity contribution is 0.294. The summed E-state index contributed by atoms with van der Waals surface area (Å²) in [5, 5.41) is 0. The van der Waals surface area contributed by atoms with Gasteiger partial charge in [0.05, 0.1) is 0 Å². The average molecular weight is 248 g/mol. The molecule has 4 heteroatoms. The van der Waals surface area contributed by atoms with Gasteiger partial charge in [-0.25, -0.2) is 9.97 Å². The molecule has 0 saturated carbocycles. The first-order valence-electron chi connectivity index (χ1n) is 6.98. The van der Waals surface area contributed by atoms with Crippen LogP contribution in [0.25, 0.3) is 0 Å². The molecule has 0 aliphatic carbocycles. The minimum atomic E-state index is 0.908. The average Bonchev–Trinajstić information content (AvgIpc) is 2.54. The predicted octanol–water partition coefficient (Wildman–Crippen LogP) is 2.02. The van der Waals surface area contributed by atoms with E-state index < -0.39 is 0 Å². The summed E-state index contributed by atoms with van der Waals surface area (Å²) in [6.07, 6.45) is 2.44. The number of rotatable bonds is 3. The van der Waals surface area contributed by atoms with Crippen molar-refractivity contribution in [2.75, 3.05) is 37.6 Å². The molecule has 0 unspecified atom stereocenters. The van der Waals surface area contributed by atoms with Crippen molar-refractivity contribution < 1.29 is 0 Å². The Bertz CT molecular complexity index is 371. The highest BCUT2D eigenvalue weighted by molar-refractivity contribution is 5.32. The number of aryl methyl sites for hydroxylation is 2. The Labute approximate surface area is 110 Å². The maximum atomic E-state index is 4.57. The topological polar surface area (TPSA) is 32.3 Å². The lowest BCUT2D eigenvalue weighted by atomic mass is 10.3. The zero-order valence-electron chi connectivity index (χ0n) is 11.8. The molecule has 1 saturated heterocycles. The van der Waals surface area contributed by atoms with Crippen molar-refractivity contribution in [1.29, 1.82) is 0 Å². The van der Waals surface area contributed by atoms with Crippen LogP contribution >= 0.6 is 0 Å². The van der Waals surface area contributed by atoms with E-state index in [0.717, 1.165) is 37.0 Å². The van der Waals surface area contributed by atoms with Crippen molar-refractivity contribution in [2.45, 2.75) is 33.6 Å². The zero-order valence-corrected chi connectivity index (χ0v) is 11.8. The molecule has 2 rings (SSSR count). The molecule has 0 N–H and O–H groups in total. The molecule has 2 heterocycles. The monoisotopic (exact) mass is 248 g/mol.